The molecule has 2 rings (SSSR count). The van der Waals surface area contributed by atoms with E-state index in [1.807, 2.05) is 43.3 Å². The Morgan fingerprint density at radius 2 is 1.95 bits per heavy atom. The molecule has 1 unspecified atom stereocenters. The second-order valence-corrected chi connectivity index (χ2v) is 7.55. The highest BCUT2D eigenvalue weighted by Gasteiger charge is 2.37. The van der Waals surface area contributed by atoms with Crippen LogP contribution in [0.5, 0.6) is 0 Å². The zero-order chi connectivity index (χ0) is 16.2. The molecule has 122 valence electrons. The molecule has 1 amide bonds. The van der Waals surface area contributed by atoms with E-state index in [0.29, 0.717) is 24.4 Å². The zero-order valence-corrected chi connectivity index (χ0v) is 14.6. The number of amides is 1. The van der Waals surface area contributed by atoms with Crippen molar-refractivity contribution in [1.82, 2.24) is 10.2 Å². The number of carbonyl (C=O) groups is 1. The maximum Gasteiger partial charge on any atom is 0.252 e. The molecule has 1 heterocycles. The van der Waals surface area contributed by atoms with E-state index >= 15 is 0 Å². The number of nitrogens with zero attached hydrogens (tertiary/aromatic N) is 1. The Bertz CT molecular complexity index is 501. The second-order valence-electron chi connectivity index (χ2n) is 5.88. The summed E-state index contributed by atoms with van der Waals surface area (Å²) < 4.78 is 0. The molecule has 0 bridgehead atoms. The summed E-state index contributed by atoms with van der Waals surface area (Å²) in [5, 5.41) is 14.1. The first-order valence-electron chi connectivity index (χ1n) is 7.43. The van der Waals surface area contributed by atoms with Crippen LogP contribution in [0.4, 0.5) is 0 Å². The number of halogens is 1. The highest BCUT2D eigenvalue weighted by Crippen LogP contribution is 2.27. The Morgan fingerprint density at radius 3 is 2.50 bits per heavy atom. The molecule has 2 N–H and O–H groups in total. The van der Waals surface area contributed by atoms with E-state index in [1.54, 1.807) is 11.8 Å². The Morgan fingerprint density at radius 1 is 1.36 bits per heavy atom. The monoisotopic (exact) mass is 342 g/mol. The third-order valence-corrected chi connectivity index (χ3v) is 5.31. The SMILES string of the molecule is CN(C)C(CNC(=O)C1(O)CCSCC1)c1ccc(Cl)cc1. The minimum Gasteiger partial charge on any atom is -0.380 e. The van der Waals surface area contributed by atoms with Crippen molar-refractivity contribution in [2.75, 3.05) is 32.1 Å². The van der Waals surface area contributed by atoms with Crippen LogP contribution >= 0.6 is 23.4 Å². The summed E-state index contributed by atoms with van der Waals surface area (Å²) in [6.07, 6.45) is 1.05. The van der Waals surface area contributed by atoms with E-state index in [9.17, 15) is 9.90 Å². The Labute approximate surface area is 141 Å². The fourth-order valence-electron chi connectivity index (χ4n) is 2.57. The van der Waals surface area contributed by atoms with Crippen LogP contribution in [0.15, 0.2) is 24.3 Å². The molecule has 6 heteroatoms. The lowest BCUT2D eigenvalue weighted by Crippen LogP contribution is -2.50. The Hall–Kier alpha value is -0.750. The predicted molar refractivity (Wildman–Crippen MR) is 92.4 cm³/mol. The van der Waals surface area contributed by atoms with Gasteiger partial charge in [-0.2, -0.15) is 11.8 Å². The average molecular weight is 343 g/mol. The lowest BCUT2D eigenvalue weighted by molar-refractivity contribution is -0.140. The van der Waals surface area contributed by atoms with Crippen LogP contribution in [-0.2, 0) is 4.79 Å². The van der Waals surface area contributed by atoms with Crippen LogP contribution < -0.4 is 5.32 Å². The fraction of sp³-hybridized carbons (Fsp3) is 0.562. The molecule has 1 saturated heterocycles. The third kappa shape index (κ3) is 4.38. The van der Waals surface area contributed by atoms with E-state index < -0.39 is 5.60 Å². The van der Waals surface area contributed by atoms with Crippen molar-refractivity contribution in [2.24, 2.45) is 0 Å². The van der Waals surface area contributed by atoms with Gasteiger partial charge in [0.05, 0.1) is 6.04 Å². The number of hydrogen-bond acceptors (Lipinski definition) is 4. The first-order valence-corrected chi connectivity index (χ1v) is 8.96. The first-order chi connectivity index (χ1) is 10.4. The number of hydrogen-bond donors (Lipinski definition) is 2. The number of nitrogens with one attached hydrogen (secondary N) is 1. The summed E-state index contributed by atoms with van der Waals surface area (Å²) in [6.45, 7) is 0.461. The molecule has 22 heavy (non-hydrogen) atoms. The van der Waals surface area contributed by atoms with Crippen LogP contribution in [0.1, 0.15) is 24.4 Å². The Kier molecular flexibility index (Phi) is 6.15. The van der Waals surface area contributed by atoms with Gasteiger partial charge in [0, 0.05) is 11.6 Å². The maximum absolute atomic E-state index is 12.3. The summed E-state index contributed by atoms with van der Waals surface area (Å²) in [5.74, 6) is 1.41. The van der Waals surface area contributed by atoms with Gasteiger partial charge < -0.3 is 15.3 Å². The lowest BCUT2D eigenvalue weighted by Gasteiger charge is -2.32. The number of thioether (sulfide) groups is 1. The summed E-state index contributed by atoms with van der Waals surface area (Å²) >= 11 is 7.71. The van der Waals surface area contributed by atoms with Crippen molar-refractivity contribution in [2.45, 2.75) is 24.5 Å². The minimum absolute atomic E-state index is 0.0442. The van der Waals surface area contributed by atoms with E-state index in [-0.39, 0.29) is 11.9 Å². The number of rotatable bonds is 5. The van der Waals surface area contributed by atoms with Gasteiger partial charge in [-0.05, 0) is 56.1 Å². The molecule has 1 aromatic carbocycles. The minimum atomic E-state index is -1.21. The van der Waals surface area contributed by atoms with E-state index in [2.05, 4.69) is 5.32 Å². The molecule has 0 aromatic heterocycles. The van der Waals surface area contributed by atoms with Gasteiger partial charge in [0.1, 0.15) is 5.60 Å². The highest BCUT2D eigenvalue weighted by atomic mass is 35.5. The molecule has 0 spiro atoms. The smallest absolute Gasteiger partial charge is 0.252 e. The van der Waals surface area contributed by atoms with Crippen molar-refractivity contribution in [3.8, 4) is 0 Å². The van der Waals surface area contributed by atoms with Crippen LogP contribution in [0, 0.1) is 0 Å². The average Bonchev–Trinajstić information content (AvgIpc) is 2.49. The molecule has 1 fully saturated rings. The zero-order valence-electron chi connectivity index (χ0n) is 13.0. The third-order valence-electron chi connectivity index (χ3n) is 4.08. The molecule has 1 aliphatic rings. The molecular weight excluding hydrogens is 320 g/mol. The largest absolute Gasteiger partial charge is 0.380 e. The standard InChI is InChI=1S/C16H23ClN2O2S/c1-19(2)14(12-3-5-13(17)6-4-12)11-18-15(20)16(21)7-9-22-10-8-16/h3-6,14,21H,7-11H2,1-2H3,(H,18,20). The van der Waals surface area contributed by atoms with Gasteiger partial charge in [0.25, 0.3) is 5.91 Å². The summed E-state index contributed by atoms with van der Waals surface area (Å²) in [7, 11) is 3.94. The molecule has 4 nitrogen and oxygen atoms in total. The van der Waals surface area contributed by atoms with Gasteiger partial charge in [-0.3, -0.25) is 4.79 Å². The summed E-state index contributed by atoms with van der Waals surface area (Å²) in [5.41, 5.74) is -0.122. The molecule has 0 aliphatic carbocycles. The van der Waals surface area contributed by atoms with E-state index in [4.69, 9.17) is 11.6 Å². The van der Waals surface area contributed by atoms with Crippen molar-refractivity contribution in [3.05, 3.63) is 34.9 Å². The number of aliphatic hydroxyl groups is 1. The molecule has 1 aliphatic heterocycles. The van der Waals surface area contributed by atoms with Crippen LogP contribution in [0.3, 0.4) is 0 Å². The van der Waals surface area contributed by atoms with Crippen molar-refractivity contribution < 1.29 is 9.90 Å². The number of benzene rings is 1. The van der Waals surface area contributed by atoms with Crippen LogP contribution in [0.2, 0.25) is 5.02 Å². The van der Waals surface area contributed by atoms with Crippen LogP contribution in [0.25, 0.3) is 0 Å². The van der Waals surface area contributed by atoms with Gasteiger partial charge in [-0.15, -0.1) is 0 Å². The van der Waals surface area contributed by atoms with Gasteiger partial charge in [-0.25, -0.2) is 0 Å². The highest BCUT2D eigenvalue weighted by molar-refractivity contribution is 7.99. The number of carbonyl (C=O) groups excluding carboxylic acids is 1. The van der Waals surface area contributed by atoms with Crippen molar-refractivity contribution >= 4 is 29.3 Å². The van der Waals surface area contributed by atoms with E-state index in [1.165, 1.54) is 0 Å². The summed E-state index contributed by atoms with van der Waals surface area (Å²) in [4.78, 5) is 14.4. The maximum atomic E-state index is 12.3. The fourth-order valence-corrected chi connectivity index (χ4v) is 3.87. The normalized spacial score (nSPS) is 19.0. The van der Waals surface area contributed by atoms with Crippen LogP contribution in [-0.4, -0.2) is 53.7 Å². The Balaban J connectivity index is 2.00. The molecule has 1 aromatic rings. The topological polar surface area (TPSA) is 52.6 Å². The first kappa shape index (κ1) is 17.6. The summed E-state index contributed by atoms with van der Waals surface area (Å²) in [6, 6.07) is 7.67. The van der Waals surface area contributed by atoms with E-state index in [0.717, 1.165) is 17.1 Å². The van der Waals surface area contributed by atoms with Crippen molar-refractivity contribution in [3.63, 3.8) is 0 Å². The lowest BCUT2D eigenvalue weighted by atomic mass is 9.95. The number of likely N-dealkylation sites (N-methyl/N-ethyl adjacent to an activating group) is 1. The van der Waals surface area contributed by atoms with Gasteiger partial charge in [-0.1, -0.05) is 23.7 Å². The quantitative estimate of drug-likeness (QED) is 0.862. The molecular formula is C16H23ClN2O2S. The molecule has 0 radical (unpaired) electrons. The van der Waals surface area contributed by atoms with Gasteiger partial charge >= 0.3 is 0 Å². The van der Waals surface area contributed by atoms with Gasteiger partial charge in [0.2, 0.25) is 0 Å². The van der Waals surface area contributed by atoms with Gasteiger partial charge in [0.15, 0.2) is 0 Å². The molecule has 0 saturated carbocycles. The second kappa shape index (κ2) is 7.68. The molecule has 1 atom stereocenters. The predicted octanol–water partition coefficient (Wildman–Crippen LogP) is 2.32. The van der Waals surface area contributed by atoms with Crippen molar-refractivity contribution in [1.29, 1.82) is 0 Å².